The fraction of sp³-hybridized carbons (Fsp3) is 0.188. The van der Waals surface area contributed by atoms with Gasteiger partial charge in [-0.25, -0.2) is 19.1 Å². The molecule has 0 N–H and O–H groups in total. The number of rotatable bonds is 5. The van der Waals surface area contributed by atoms with Crippen molar-refractivity contribution in [2.45, 2.75) is 33.0 Å². The van der Waals surface area contributed by atoms with Gasteiger partial charge >= 0.3 is 12.1 Å². The second-order valence-electron chi connectivity index (χ2n) is 10.6. The number of aromatic nitrogens is 4. The first kappa shape index (κ1) is 26.1. The van der Waals surface area contributed by atoms with E-state index in [1.54, 1.807) is 6.20 Å². The van der Waals surface area contributed by atoms with Crippen molar-refractivity contribution in [3.8, 4) is 16.9 Å². The Morgan fingerprint density at radius 2 is 1.66 bits per heavy atom. The van der Waals surface area contributed by atoms with E-state index in [1.165, 1.54) is 22.5 Å². The van der Waals surface area contributed by atoms with Crippen LogP contribution in [0.25, 0.3) is 38.4 Å². The summed E-state index contributed by atoms with van der Waals surface area (Å²) >= 11 is 0. The van der Waals surface area contributed by atoms with E-state index in [-0.39, 0.29) is 12.3 Å². The summed E-state index contributed by atoms with van der Waals surface area (Å²) in [4.78, 5) is 30.2. The highest BCUT2D eigenvalue weighted by Crippen LogP contribution is 2.36. The molecule has 41 heavy (non-hydrogen) atoms. The minimum atomic E-state index is -0.614. The Bertz CT molecular complexity index is 1930. The minimum Gasteiger partial charge on any atom is -0.486 e. The van der Waals surface area contributed by atoms with Gasteiger partial charge in [0.1, 0.15) is 18.5 Å². The van der Waals surface area contributed by atoms with Gasteiger partial charge in [0.25, 0.3) is 0 Å². The van der Waals surface area contributed by atoms with E-state index < -0.39 is 17.7 Å². The molecule has 3 aromatic carbocycles. The molecule has 3 heterocycles. The topological polar surface area (TPSA) is 97.0 Å². The fourth-order valence-corrected chi connectivity index (χ4v) is 4.85. The van der Waals surface area contributed by atoms with E-state index in [1.807, 2.05) is 93.6 Å². The molecule has 3 aromatic heterocycles. The van der Waals surface area contributed by atoms with Crippen molar-refractivity contribution < 1.29 is 23.8 Å². The van der Waals surface area contributed by atoms with Crippen molar-refractivity contribution in [2.75, 3.05) is 7.11 Å². The lowest BCUT2D eigenvalue weighted by Crippen LogP contribution is -2.26. The van der Waals surface area contributed by atoms with Gasteiger partial charge < -0.3 is 14.2 Å². The molecule has 0 aliphatic heterocycles. The molecule has 0 amide bonds. The minimum absolute atomic E-state index is 0.160. The Morgan fingerprint density at radius 3 is 2.41 bits per heavy atom. The van der Waals surface area contributed by atoms with E-state index in [9.17, 15) is 9.59 Å². The Morgan fingerprint density at radius 1 is 0.902 bits per heavy atom. The van der Waals surface area contributed by atoms with Crippen molar-refractivity contribution in [3.05, 3.63) is 96.6 Å². The molecule has 0 radical (unpaired) electrons. The lowest BCUT2D eigenvalue weighted by molar-refractivity contribution is 0.0542. The molecule has 0 spiro atoms. The Labute approximate surface area is 235 Å². The standard InChI is InChI=1S/C32H28N4O5/c1-32(2,3)41-31(38)35-15-14-21-10-11-23(17-26(21)35)22-12-13-24-25(16-22)29-33-19-34-36(29)27(30(37)39-4)28(24)40-18-20-8-6-5-7-9-20/h5-17,19H,18H2,1-4H3. The number of fused-ring (bicyclic) bond motifs is 4. The number of hydrogen-bond acceptors (Lipinski definition) is 7. The first-order valence-electron chi connectivity index (χ1n) is 13.1. The van der Waals surface area contributed by atoms with Crippen molar-refractivity contribution >= 4 is 39.4 Å². The molecular formula is C32H28N4O5. The Hall–Kier alpha value is -5.18. The molecule has 0 fully saturated rings. The maximum atomic E-state index is 12.9. The third-order valence-corrected chi connectivity index (χ3v) is 6.70. The molecule has 6 rings (SSSR count). The summed E-state index contributed by atoms with van der Waals surface area (Å²) in [5.74, 6) is -0.225. The Balaban J connectivity index is 1.49. The maximum Gasteiger partial charge on any atom is 0.418 e. The van der Waals surface area contributed by atoms with Gasteiger partial charge in [0.2, 0.25) is 0 Å². The number of pyridine rings is 1. The summed E-state index contributed by atoms with van der Waals surface area (Å²) in [6.07, 6.45) is 2.67. The number of esters is 1. The zero-order valence-electron chi connectivity index (χ0n) is 23.1. The highest BCUT2D eigenvalue weighted by molar-refractivity contribution is 6.06. The zero-order valence-corrected chi connectivity index (χ0v) is 23.1. The second kappa shape index (κ2) is 10.1. The van der Waals surface area contributed by atoms with Gasteiger partial charge in [-0.3, -0.25) is 4.57 Å². The van der Waals surface area contributed by atoms with Gasteiger partial charge in [-0.15, -0.1) is 0 Å². The molecule has 0 saturated heterocycles. The van der Waals surface area contributed by atoms with E-state index in [0.717, 1.165) is 33.0 Å². The molecular weight excluding hydrogens is 520 g/mol. The fourth-order valence-electron chi connectivity index (χ4n) is 4.85. The van der Waals surface area contributed by atoms with Crippen LogP contribution < -0.4 is 4.74 Å². The average Bonchev–Trinajstić information content (AvgIpc) is 3.62. The SMILES string of the molecule is COC(=O)c1c(OCc2ccccc2)c2ccc(-c3ccc4ccn(C(=O)OC(C)(C)C)c4c3)cc2c2ncnn12. The molecule has 206 valence electrons. The molecule has 0 aliphatic carbocycles. The van der Waals surface area contributed by atoms with Crippen molar-refractivity contribution in [1.29, 1.82) is 0 Å². The number of carbonyl (C=O) groups excluding carboxylic acids is 2. The molecule has 0 bridgehead atoms. The summed E-state index contributed by atoms with van der Waals surface area (Å²) in [6.45, 7) is 5.77. The molecule has 0 atom stereocenters. The normalized spacial score (nSPS) is 11.7. The smallest absolute Gasteiger partial charge is 0.418 e. The molecule has 0 aliphatic rings. The number of benzene rings is 3. The van der Waals surface area contributed by atoms with E-state index in [2.05, 4.69) is 10.1 Å². The summed E-state index contributed by atoms with van der Waals surface area (Å²) in [6, 6.07) is 23.4. The van der Waals surface area contributed by atoms with Gasteiger partial charge in [0.05, 0.1) is 12.6 Å². The van der Waals surface area contributed by atoms with Gasteiger partial charge in [-0.05, 0) is 61.7 Å². The predicted octanol–water partition coefficient (Wildman–Crippen LogP) is 6.65. The van der Waals surface area contributed by atoms with Gasteiger partial charge in [-0.1, -0.05) is 48.5 Å². The first-order chi connectivity index (χ1) is 19.7. The monoisotopic (exact) mass is 548 g/mol. The third kappa shape index (κ3) is 4.86. The van der Waals surface area contributed by atoms with Crippen molar-refractivity contribution in [1.82, 2.24) is 19.2 Å². The largest absolute Gasteiger partial charge is 0.486 e. The molecule has 6 aromatic rings. The number of nitrogens with zero attached hydrogens (tertiary/aromatic N) is 4. The number of ether oxygens (including phenoxy) is 3. The van der Waals surface area contributed by atoms with Gasteiger partial charge in [-0.2, -0.15) is 5.10 Å². The van der Waals surface area contributed by atoms with Crippen LogP contribution in [0.4, 0.5) is 4.79 Å². The zero-order chi connectivity index (χ0) is 28.7. The van der Waals surface area contributed by atoms with Gasteiger partial charge in [0, 0.05) is 22.4 Å². The van der Waals surface area contributed by atoms with Crippen LogP contribution in [0.1, 0.15) is 36.8 Å². The van der Waals surface area contributed by atoms with Crippen molar-refractivity contribution in [3.63, 3.8) is 0 Å². The highest BCUT2D eigenvalue weighted by Gasteiger charge is 2.25. The molecule has 0 saturated carbocycles. The van der Waals surface area contributed by atoms with E-state index in [4.69, 9.17) is 14.2 Å². The number of methoxy groups -OCH3 is 1. The number of hydrogen-bond donors (Lipinski definition) is 0. The highest BCUT2D eigenvalue weighted by atomic mass is 16.6. The average molecular weight is 549 g/mol. The van der Waals surface area contributed by atoms with Crippen LogP contribution in [0.15, 0.2) is 85.3 Å². The molecule has 0 unspecified atom stereocenters. The van der Waals surface area contributed by atoms with Crippen LogP contribution in [-0.4, -0.2) is 43.9 Å². The summed E-state index contributed by atoms with van der Waals surface area (Å²) in [5.41, 5.74) is 3.51. The van der Waals surface area contributed by atoms with E-state index >= 15 is 0 Å². The quantitative estimate of drug-likeness (QED) is 0.222. The summed E-state index contributed by atoms with van der Waals surface area (Å²) < 4.78 is 19.9. The number of carbonyl (C=O) groups is 2. The first-order valence-corrected chi connectivity index (χ1v) is 13.1. The third-order valence-electron chi connectivity index (χ3n) is 6.70. The van der Waals surface area contributed by atoms with Crippen LogP contribution in [0, 0.1) is 0 Å². The van der Waals surface area contributed by atoms with Crippen LogP contribution in [-0.2, 0) is 16.1 Å². The van der Waals surface area contributed by atoms with Gasteiger partial charge in [0.15, 0.2) is 17.1 Å². The van der Waals surface area contributed by atoms with Crippen LogP contribution >= 0.6 is 0 Å². The predicted molar refractivity (Wildman–Crippen MR) is 155 cm³/mol. The van der Waals surface area contributed by atoms with Crippen LogP contribution in [0.5, 0.6) is 5.75 Å². The van der Waals surface area contributed by atoms with Crippen molar-refractivity contribution in [2.24, 2.45) is 0 Å². The maximum absolute atomic E-state index is 12.9. The Kier molecular flexibility index (Phi) is 6.42. The molecule has 9 nitrogen and oxygen atoms in total. The summed E-state index contributed by atoms with van der Waals surface area (Å²) in [7, 11) is 1.32. The summed E-state index contributed by atoms with van der Waals surface area (Å²) in [5, 5.41) is 6.68. The second-order valence-corrected chi connectivity index (χ2v) is 10.6. The van der Waals surface area contributed by atoms with Crippen LogP contribution in [0.3, 0.4) is 0 Å². The lowest BCUT2D eigenvalue weighted by atomic mass is 10.00. The molecule has 9 heteroatoms. The van der Waals surface area contributed by atoms with Crippen LogP contribution in [0.2, 0.25) is 0 Å². The lowest BCUT2D eigenvalue weighted by Gasteiger charge is -2.20. The van der Waals surface area contributed by atoms with E-state index in [0.29, 0.717) is 16.8 Å².